The van der Waals surface area contributed by atoms with E-state index in [1.54, 1.807) is 12.1 Å². The Hall–Kier alpha value is -2.63. The summed E-state index contributed by atoms with van der Waals surface area (Å²) in [6, 6.07) is 11.8. The lowest BCUT2D eigenvalue weighted by Gasteiger charge is -2.21. The Morgan fingerprint density at radius 3 is 2.35 bits per heavy atom. The van der Waals surface area contributed by atoms with E-state index in [4.69, 9.17) is 5.26 Å². The van der Waals surface area contributed by atoms with Crippen LogP contribution in [0.3, 0.4) is 0 Å². The monoisotopic (exact) mass is 380 g/mol. The maximum atomic E-state index is 12.9. The van der Waals surface area contributed by atoms with Crippen molar-refractivity contribution in [3.63, 3.8) is 0 Å². The number of nitriles is 1. The number of alkyl halides is 3. The summed E-state index contributed by atoms with van der Waals surface area (Å²) in [5, 5.41) is 8.80. The van der Waals surface area contributed by atoms with Gasteiger partial charge in [-0.05, 0) is 35.9 Å². The molecule has 0 aliphatic rings. The molecule has 0 aliphatic heterocycles. The molecule has 0 amide bonds. The minimum atomic E-state index is -4.64. The summed E-state index contributed by atoms with van der Waals surface area (Å²) in [5.41, 5.74) is -0.0124. The van der Waals surface area contributed by atoms with Gasteiger partial charge < -0.3 is 0 Å². The summed E-state index contributed by atoms with van der Waals surface area (Å²) in [6.07, 6.45) is -3.28. The fraction of sp³-hybridized carbons (Fsp3) is 0.167. The SMILES string of the molecule is C=CCN(Cc1ccc(C#N)cc1)S(=O)(=O)c1cccc(C(F)(F)F)c1. The Morgan fingerprint density at radius 2 is 1.81 bits per heavy atom. The third-order valence-electron chi connectivity index (χ3n) is 3.57. The predicted molar refractivity (Wildman–Crippen MR) is 90.4 cm³/mol. The highest BCUT2D eigenvalue weighted by atomic mass is 32.2. The molecule has 2 rings (SSSR count). The molecule has 0 fully saturated rings. The molecule has 0 heterocycles. The number of nitrogens with zero attached hydrogens (tertiary/aromatic N) is 2. The molecule has 2 aromatic carbocycles. The zero-order chi connectivity index (χ0) is 19.4. The first-order valence-electron chi connectivity index (χ1n) is 7.46. The van der Waals surface area contributed by atoms with E-state index in [9.17, 15) is 21.6 Å². The van der Waals surface area contributed by atoms with Gasteiger partial charge in [0.2, 0.25) is 10.0 Å². The van der Waals surface area contributed by atoms with Gasteiger partial charge in [-0.2, -0.15) is 22.7 Å². The third-order valence-corrected chi connectivity index (χ3v) is 5.38. The lowest BCUT2D eigenvalue weighted by Crippen LogP contribution is -2.31. The maximum absolute atomic E-state index is 12.9. The van der Waals surface area contributed by atoms with Gasteiger partial charge >= 0.3 is 6.18 Å². The van der Waals surface area contributed by atoms with Crippen LogP contribution in [0.25, 0.3) is 0 Å². The zero-order valence-electron chi connectivity index (χ0n) is 13.6. The average molecular weight is 380 g/mol. The summed E-state index contributed by atoms with van der Waals surface area (Å²) in [5.74, 6) is 0. The molecule has 0 aliphatic carbocycles. The van der Waals surface area contributed by atoms with Gasteiger partial charge in [0, 0.05) is 13.1 Å². The molecule has 2 aromatic rings. The molecule has 0 atom stereocenters. The van der Waals surface area contributed by atoms with Crippen LogP contribution in [-0.4, -0.2) is 19.3 Å². The highest BCUT2D eigenvalue weighted by Gasteiger charge is 2.32. The van der Waals surface area contributed by atoms with E-state index in [2.05, 4.69) is 6.58 Å². The van der Waals surface area contributed by atoms with Crippen LogP contribution < -0.4 is 0 Å². The quantitative estimate of drug-likeness (QED) is 0.713. The van der Waals surface area contributed by atoms with Crippen LogP contribution in [0.1, 0.15) is 16.7 Å². The second-order valence-electron chi connectivity index (χ2n) is 5.42. The second-order valence-corrected chi connectivity index (χ2v) is 7.36. The van der Waals surface area contributed by atoms with Gasteiger partial charge in [0.15, 0.2) is 0 Å². The van der Waals surface area contributed by atoms with Crippen LogP contribution in [-0.2, 0) is 22.7 Å². The van der Waals surface area contributed by atoms with Crippen molar-refractivity contribution in [2.75, 3.05) is 6.54 Å². The minimum absolute atomic E-state index is 0.0592. The van der Waals surface area contributed by atoms with Crippen molar-refractivity contribution >= 4 is 10.0 Å². The Bertz CT molecular complexity index is 930. The standard InChI is InChI=1S/C18H15F3N2O2S/c1-2-10-23(13-15-8-6-14(12-22)7-9-15)26(24,25)17-5-3-4-16(11-17)18(19,20)21/h2-9,11H,1,10,13H2. The van der Waals surface area contributed by atoms with Crippen molar-refractivity contribution in [3.05, 3.63) is 77.9 Å². The van der Waals surface area contributed by atoms with Crippen LogP contribution >= 0.6 is 0 Å². The molecule has 0 saturated heterocycles. The van der Waals surface area contributed by atoms with Crippen LogP contribution in [0, 0.1) is 11.3 Å². The lowest BCUT2D eigenvalue weighted by molar-refractivity contribution is -0.137. The van der Waals surface area contributed by atoms with E-state index in [1.165, 1.54) is 18.2 Å². The predicted octanol–water partition coefficient (Wildman–Crippen LogP) is 3.95. The smallest absolute Gasteiger partial charge is 0.207 e. The van der Waals surface area contributed by atoms with Crippen molar-refractivity contribution in [2.45, 2.75) is 17.6 Å². The normalized spacial score (nSPS) is 12.0. The van der Waals surface area contributed by atoms with E-state index in [0.29, 0.717) is 17.2 Å². The Morgan fingerprint density at radius 1 is 1.15 bits per heavy atom. The molecule has 0 spiro atoms. The van der Waals surface area contributed by atoms with Crippen molar-refractivity contribution in [2.24, 2.45) is 0 Å². The minimum Gasteiger partial charge on any atom is -0.207 e. The van der Waals surface area contributed by atoms with Gasteiger partial charge in [0.25, 0.3) is 0 Å². The number of sulfonamides is 1. The average Bonchev–Trinajstić information content (AvgIpc) is 2.61. The fourth-order valence-corrected chi connectivity index (χ4v) is 3.71. The van der Waals surface area contributed by atoms with Crippen LogP contribution in [0.15, 0.2) is 66.1 Å². The topological polar surface area (TPSA) is 61.2 Å². The first-order chi connectivity index (χ1) is 12.2. The van der Waals surface area contributed by atoms with Gasteiger partial charge in [-0.15, -0.1) is 6.58 Å². The van der Waals surface area contributed by atoms with E-state index >= 15 is 0 Å². The molecule has 136 valence electrons. The van der Waals surface area contributed by atoms with Crippen LogP contribution in [0.4, 0.5) is 13.2 Å². The molecule has 26 heavy (non-hydrogen) atoms. The van der Waals surface area contributed by atoms with E-state index < -0.39 is 26.7 Å². The van der Waals surface area contributed by atoms with Crippen molar-refractivity contribution < 1.29 is 21.6 Å². The van der Waals surface area contributed by atoms with Gasteiger partial charge in [-0.1, -0.05) is 24.3 Å². The number of rotatable bonds is 6. The highest BCUT2D eigenvalue weighted by molar-refractivity contribution is 7.89. The Labute approximate surface area is 149 Å². The first-order valence-corrected chi connectivity index (χ1v) is 8.90. The number of hydrogen-bond donors (Lipinski definition) is 0. The summed E-state index contributed by atoms with van der Waals surface area (Å²) in [7, 11) is -4.16. The second kappa shape index (κ2) is 7.72. The van der Waals surface area contributed by atoms with Crippen LogP contribution in [0.2, 0.25) is 0 Å². The lowest BCUT2D eigenvalue weighted by atomic mass is 10.1. The van der Waals surface area contributed by atoms with E-state index in [1.807, 2.05) is 6.07 Å². The Balaban J connectivity index is 2.38. The van der Waals surface area contributed by atoms with E-state index in [-0.39, 0.29) is 13.1 Å². The molecule has 0 bridgehead atoms. The number of hydrogen-bond acceptors (Lipinski definition) is 3. The fourth-order valence-electron chi connectivity index (χ4n) is 2.26. The highest BCUT2D eigenvalue weighted by Crippen LogP contribution is 2.31. The largest absolute Gasteiger partial charge is 0.416 e. The van der Waals surface area contributed by atoms with Gasteiger partial charge in [-0.25, -0.2) is 8.42 Å². The summed E-state index contributed by atoms with van der Waals surface area (Å²) in [6.45, 7) is 3.37. The van der Waals surface area contributed by atoms with Crippen molar-refractivity contribution in [3.8, 4) is 6.07 Å². The molecule has 0 N–H and O–H groups in total. The van der Waals surface area contributed by atoms with Gasteiger partial charge in [0.1, 0.15) is 0 Å². The maximum Gasteiger partial charge on any atom is 0.416 e. The van der Waals surface area contributed by atoms with Crippen LogP contribution in [0.5, 0.6) is 0 Å². The van der Waals surface area contributed by atoms with Crippen molar-refractivity contribution in [1.82, 2.24) is 4.31 Å². The molecule has 0 unspecified atom stereocenters. The number of halogens is 3. The Kier molecular flexibility index (Phi) is 5.85. The van der Waals surface area contributed by atoms with Crippen molar-refractivity contribution in [1.29, 1.82) is 5.26 Å². The third kappa shape index (κ3) is 4.50. The molecular weight excluding hydrogens is 365 g/mol. The molecular formula is C18H15F3N2O2S. The first kappa shape index (κ1) is 19.7. The zero-order valence-corrected chi connectivity index (χ0v) is 14.4. The van der Waals surface area contributed by atoms with Gasteiger partial charge in [0.05, 0.1) is 22.1 Å². The summed E-state index contributed by atoms with van der Waals surface area (Å²) in [4.78, 5) is -0.442. The molecule has 4 nitrogen and oxygen atoms in total. The summed E-state index contributed by atoms with van der Waals surface area (Å²) >= 11 is 0. The molecule has 0 saturated carbocycles. The molecule has 8 heteroatoms. The molecule has 0 radical (unpaired) electrons. The number of benzene rings is 2. The summed E-state index contributed by atoms with van der Waals surface area (Å²) < 4.78 is 65.2. The van der Waals surface area contributed by atoms with E-state index in [0.717, 1.165) is 22.5 Å². The molecule has 0 aromatic heterocycles. The van der Waals surface area contributed by atoms with Gasteiger partial charge in [-0.3, -0.25) is 0 Å².